The van der Waals surface area contributed by atoms with Crippen molar-refractivity contribution in [1.82, 2.24) is 14.8 Å². The van der Waals surface area contributed by atoms with Crippen LogP contribution in [0.15, 0.2) is 35.4 Å². The lowest BCUT2D eigenvalue weighted by atomic mass is 9.33. The number of hydrogen-bond acceptors (Lipinski definition) is 7. The molecule has 300 valence electrons. The highest BCUT2D eigenvalue weighted by molar-refractivity contribution is 6.01. The van der Waals surface area contributed by atoms with Crippen molar-refractivity contribution in [3.63, 3.8) is 0 Å². The Labute approximate surface area is 326 Å². The number of fused-ring (bicyclic) bond motifs is 7. The third-order valence-corrected chi connectivity index (χ3v) is 16.4. The number of nitrogens with zero attached hydrogens (tertiary/aromatic N) is 3. The number of esters is 1. The number of aliphatic carboxylic acids is 1. The van der Waals surface area contributed by atoms with Crippen molar-refractivity contribution in [1.29, 1.82) is 0 Å². The van der Waals surface area contributed by atoms with Crippen molar-refractivity contribution < 1.29 is 28.6 Å². The van der Waals surface area contributed by atoms with Gasteiger partial charge in [0.05, 0.1) is 17.3 Å². The fourth-order valence-electron chi connectivity index (χ4n) is 13.5. The van der Waals surface area contributed by atoms with Gasteiger partial charge in [0.1, 0.15) is 17.7 Å². The Morgan fingerprint density at radius 1 is 0.964 bits per heavy atom. The van der Waals surface area contributed by atoms with Crippen LogP contribution in [0.3, 0.4) is 0 Å². The van der Waals surface area contributed by atoms with Gasteiger partial charge in [0.25, 0.3) is 0 Å². The summed E-state index contributed by atoms with van der Waals surface area (Å²) in [5.74, 6) is 1.06. The number of carboxylic acid groups (broad SMARTS) is 1. The first-order valence-corrected chi connectivity index (χ1v) is 20.8. The van der Waals surface area contributed by atoms with Gasteiger partial charge in [-0.05, 0) is 141 Å². The van der Waals surface area contributed by atoms with Crippen LogP contribution in [0.1, 0.15) is 132 Å². The van der Waals surface area contributed by atoms with Gasteiger partial charge in [0.2, 0.25) is 0 Å². The summed E-state index contributed by atoms with van der Waals surface area (Å²) < 4.78 is 22.3. The molecule has 4 saturated carbocycles. The molecule has 5 aliphatic carbocycles. The monoisotopic (exact) mass is 758 g/mol. The number of Topliss-reactive ketones (excluding diaryl/α,β-unsaturated/α-hetero) is 1. The third-order valence-electron chi connectivity index (χ3n) is 16.4. The molecule has 4 fully saturated rings. The van der Waals surface area contributed by atoms with Crippen LogP contribution < -0.4 is 5.73 Å². The molecule has 0 unspecified atom stereocenters. The molecule has 0 aliphatic heterocycles. The van der Waals surface area contributed by atoms with E-state index in [9.17, 15) is 23.9 Å². The van der Waals surface area contributed by atoms with Crippen molar-refractivity contribution >= 4 is 17.7 Å². The highest BCUT2D eigenvalue weighted by atomic mass is 19.1. The Balaban J connectivity index is 1.24. The molecule has 10 heteroatoms. The summed E-state index contributed by atoms with van der Waals surface area (Å²) in [6.07, 6.45) is 7.63. The number of allylic oxidation sites excluding steroid dienone is 2. The van der Waals surface area contributed by atoms with Gasteiger partial charge in [0.15, 0.2) is 11.6 Å². The molecule has 0 spiro atoms. The zero-order chi connectivity index (χ0) is 40.1. The molecular weight excluding hydrogens is 696 g/mol. The highest BCUT2D eigenvalue weighted by Crippen LogP contribution is 2.76. The molecule has 9 nitrogen and oxygen atoms in total. The Kier molecular flexibility index (Phi) is 9.66. The lowest BCUT2D eigenvalue weighted by Gasteiger charge is -2.72. The summed E-state index contributed by atoms with van der Waals surface area (Å²) in [7, 11) is 0. The van der Waals surface area contributed by atoms with Crippen LogP contribution in [0.25, 0.3) is 11.4 Å². The number of benzene rings is 1. The van der Waals surface area contributed by atoms with Crippen LogP contribution in [-0.4, -0.2) is 50.2 Å². The Morgan fingerprint density at radius 2 is 1.65 bits per heavy atom. The van der Waals surface area contributed by atoms with Crippen molar-refractivity contribution in [2.24, 2.45) is 56.5 Å². The summed E-state index contributed by atoms with van der Waals surface area (Å²) in [5.41, 5.74) is 7.28. The third kappa shape index (κ3) is 5.80. The number of ether oxygens (including phenoxy) is 1. The maximum absolute atomic E-state index is 14.4. The van der Waals surface area contributed by atoms with Gasteiger partial charge in [-0.2, -0.15) is 0 Å². The number of halogens is 1. The number of aromatic nitrogens is 3. The lowest BCUT2D eigenvalue weighted by Crippen LogP contribution is -2.66. The minimum atomic E-state index is -1.18. The van der Waals surface area contributed by atoms with Crippen LogP contribution >= 0.6 is 0 Å². The van der Waals surface area contributed by atoms with Crippen molar-refractivity contribution in [3.8, 4) is 11.4 Å². The predicted octanol–water partition coefficient (Wildman–Crippen LogP) is 8.69. The standard InChI is InChI=1S/C45H63FN4O5/c1-26(2)35-30(51)24-45(38-49-48-37(50(38)23-22-47)27-10-12-28(46)13-11-27)21-20-43(8)29(36(35)45)14-15-32-42(7)18-17-33(55-34(52)25-40(3,4)39(53)54)41(5,6)31(42)16-19-44(32,43)9/h10-13,26,29,31-33H,14-25,47H2,1-9H3,(H,53,54)/t29-,31+,32-,33+,42+,43-,44-,45-/m1/s1. The van der Waals surface area contributed by atoms with Crippen LogP contribution in [0, 0.1) is 56.6 Å². The van der Waals surface area contributed by atoms with E-state index in [4.69, 9.17) is 20.7 Å². The first kappa shape index (κ1) is 39.8. The zero-order valence-corrected chi connectivity index (χ0v) is 34.6. The topological polar surface area (TPSA) is 137 Å². The fourth-order valence-corrected chi connectivity index (χ4v) is 13.5. The molecule has 5 aliphatic rings. The van der Waals surface area contributed by atoms with E-state index in [1.807, 2.05) is 0 Å². The number of carbonyl (C=O) groups is 3. The fraction of sp³-hybridized carbons (Fsp3) is 0.711. The Hall–Kier alpha value is -3.40. The van der Waals surface area contributed by atoms with Gasteiger partial charge in [0, 0.05) is 30.5 Å². The normalized spacial score (nSPS) is 35.5. The number of rotatable bonds is 9. The van der Waals surface area contributed by atoms with E-state index >= 15 is 0 Å². The Morgan fingerprint density at radius 3 is 2.29 bits per heavy atom. The van der Waals surface area contributed by atoms with E-state index in [0.29, 0.717) is 37.2 Å². The van der Waals surface area contributed by atoms with Crippen LogP contribution in [-0.2, 0) is 31.1 Å². The summed E-state index contributed by atoms with van der Waals surface area (Å²) in [6, 6.07) is 6.36. The van der Waals surface area contributed by atoms with E-state index in [0.717, 1.165) is 68.3 Å². The van der Waals surface area contributed by atoms with Crippen LogP contribution in [0.5, 0.6) is 0 Å². The van der Waals surface area contributed by atoms with Crippen LogP contribution in [0.4, 0.5) is 4.39 Å². The lowest BCUT2D eigenvalue weighted by molar-refractivity contribution is -0.232. The molecule has 0 saturated heterocycles. The highest BCUT2D eigenvalue weighted by Gasteiger charge is 2.71. The summed E-state index contributed by atoms with van der Waals surface area (Å²) in [6.45, 7) is 20.5. The first-order valence-electron chi connectivity index (χ1n) is 20.8. The largest absolute Gasteiger partial charge is 0.481 e. The van der Waals surface area contributed by atoms with Gasteiger partial charge in [-0.25, -0.2) is 4.39 Å². The van der Waals surface area contributed by atoms with Gasteiger partial charge >= 0.3 is 11.9 Å². The molecule has 3 N–H and O–H groups in total. The summed E-state index contributed by atoms with van der Waals surface area (Å²) in [5, 5.41) is 19.3. The SMILES string of the molecule is CC(C)C1=C2[C@H]3CC[C@@H]4[C@@]5(C)CC[C@H](OC(=O)CC(C)(C)C(=O)O)C(C)(C)[C@@H]5CC[C@@]4(C)[C@]3(C)CC[C@@]2(c2nnc(-c3ccc(F)cc3)n2CCN)CC1=O. The quantitative estimate of drug-likeness (QED) is 0.243. The average Bonchev–Trinajstić information content (AvgIpc) is 3.65. The molecule has 1 aromatic heterocycles. The average molecular weight is 759 g/mol. The van der Waals surface area contributed by atoms with Crippen molar-refractivity contribution in [2.75, 3.05) is 6.54 Å². The molecular formula is C45H63FN4O5. The number of hydrogen-bond donors (Lipinski definition) is 2. The molecule has 0 amide bonds. The summed E-state index contributed by atoms with van der Waals surface area (Å²) in [4.78, 5) is 39.3. The minimum Gasteiger partial charge on any atom is -0.481 e. The maximum atomic E-state index is 14.4. The van der Waals surface area contributed by atoms with Gasteiger partial charge < -0.3 is 20.1 Å². The van der Waals surface area contributed by atoms with Gasteiger partial charge in [-0.1, -0.05) is 48.5 Å². The molecule has 8 atom stereocenters. The zero-order valence-electron chi connectivity index (χ0n) is 34.6. The summed E-state index contributed by atoms with van der Waals surface area (Å²) >= 11 is 0. The number of ketones is 1. The van der Waals surface area contributed by atoms with Crippen LogP contribution in [0.2, 0.25) is 0 Å². The molecule has 0 bridgehead atoms. The predicted molar refractivity (Wildman–Crippen MR) is 209 cm³/mol. The van der Waals surface area contributed by atoms with E-state index in [2.05, 4.69) is 53.0 Å². The molecule has 0 radical (unpaired) electrons. The van der Waals surface area contributed by atoms with Gasteiger partial charge in [-0.3, -0.25) is 14.4 Å². The second-order valence-electron chi connectivity index (χ2n) is 20.3. The first-order chi connectivity index (χ1) is 25.7. The number of carboxylic acids is 1. The van der Waals surface area contributed by atoms with Crippen molar-refractivity contribution in [2.45, 2.75) is 145 Å². The Bertz CT molecular complexity index is 1910. The second-order valence-corrected chi connectivity index (χ2v) is 20.3. The van der Waals surface area contributed by atoms with E-state index < -0.39 is 22.8 Å². The number of nitrogens with two attached hydrogens (primary N) is 1. The molecule has 1 aromatic carbocycles. The smallest absolute Gasteiger partial charge is 0.309 e. The minimum absolute atomic E-state index is 0.0172. The van der Waals surface area contributed by atoms with Crippen molar-refractivity contribution in [3.05, 3.63) is 47.1 Å². The maximum Gasteiger partial charge on any atom is 0.309 e. The van der Waals surface area contributed by atoms with Gasteiger partial charge in [-0.15, -0.1) is 10.2 Å². The molecule has 7 rings (SSSR count). The van der Waals surface area contributed by atoms with E-state index in [-0.39, 0.29) is 57.6 Å². The van der Waals surface area contributed by atoms with E-state index in [1.165, 1.54) is 17.7 Å². The second kappa shape index (κ2) is 13.3. The van der Waals surface area contributed by atoms with E-state index in [1.54, 1.807) is 26.0 Å². The molecule has 1 heterocycles. The molecule has 2 aromatic rings. The molecule has 55 heavy (non-hydrogen) atoms. The number of carbonyl (C=O) groups excluding carboxylic acids is 2.